The molecule has 0 aliphatic heterocycles. The largest absolute Gasteiger partial charge is 0.490 e. The minimum absolute atomic E-state index is 0.262. The molecule has 1 aromatic heterocycles. The number of benzene rings is 1. The highest BCUT2D eigenvalue weighted by Gasteiger charge is 2.11. The molecule has 0 saturated heterocycles. The van der Waals surface area contributed by atoms with E-state index in [0.717, 1.165) is 48.9 Å². The summed E-state index contributed by atoms with van der Waals surface area (Å²) < 4.78 is 5.85. The van der Waals surface area contributed by atoms with Crippen molar-refractivity contribution >= 4 is 16.6 Å². The normalized spacial score (nSPS) is 15.1. The molecule has 2 N–H and O–H groups in total. The smallest absolute Gasteiger partial charge is 0.128 e. The summed E-state index contributed by atoms with van der Waals surface area (Å²) in [7, 11) is 2.03. The fourth-order valence-corrected chi connectivity index (χ4v) is 3.43. The van der Waals surface area contributed by atoms with Crippen LogP contribution in [0.2, 0.25) is 0 Å². The molecular weight excluding hydrogens is 350 g/mol. The third-order valence-electron chi connectivity index (χ3n) is 4.84. The number of aliphatic hydroxyl groups is 1. The quantitative estimate of drug-likeness (QED) is 0.613. The first kappa shape index (κ1) is 20.2. The lowest BCUT2D eigenvalue weighted by molar-refractivity contribution is 0.0765. The van der Waals surface area contributed by atoms with E-state index < -0.39 is 6.10 Å². The summed E-state index contributed by atoms with van der Waals surface area (Å²) in [6.45, 7) is 1.78. The van der Waals surface area contributed by atoms with E-state index in [0.29, 0.717) is 12.3 Å². The van der Waals surface area contributed by atoms with Gasteiger partial charge in [-0.2, -0.15) is 0 Å². The zero-order valence-electron chi connectivity index (χ0n) is 16.5. The zero-order chi connectivity index (χ0) is 19.8. The molecule has 0 fully saturated rings. The molecule has 0 radical (unpaired) electrons. The van der Waals surface area contributed by atoms with Gasteiger partial charge in [-0.05, 0) is 68.8 Å². The average Bonchev–Trinajstić information content (AvgIpc) is 2.70. The number of hydrogen-bond acceptors (Lipinski definition) is 5. The molecular formula is C23H29N3O2. The second kappa shape index (κ2) is 10.2. The fraction of sp³-hybridized carbons (Fsp3) is 0.391. The average molecular weight is 380 g/mol. The lowest BCUT2D eigenvalue weighted by atomic mass is 10.0. The van der Waals surface area contributed by atoms with Crippen molar-refractivity contribution in [3.05, 3.63) is 60.3 Å². The van der Waals surface area contributed by atoms with Gasteiger partial charge in [0.2, 0.25) is 0 Å². The number of fused-ring (bicyclic) bond motifs is 1. The number of hydrogen-bond donors (Lipinski definition) is 2. The van der Waals surface area contributed by atoms with Crippen LogP contribution in [-0.4, -0.2) is 53.6 Å². The standard InChI is InChI=1S/C23H29N3O2/c1-26(14-3-2-7-18-8-4-9-19(24)15-18)16-20(27)17-28-23-12-5-11-22-21(23)10-6-13-25-22/h4-6,8,10-13,15,20,24,27H,2-3,7,9,14,16-17H2,1H3. The maximum Gasteiger partial charge on any atom is 0.128 e. The van der Waals surface area contributed by atoms with Gasteiger partial charge in [-0.3, -0.25) is 4.98 Å². The third-order valence-corrected chi connectivity index (χ3v) is 4.84. The monoisotopic (exact) mass is 379 g/mol. The molecule has 0 amide bonds. The number of aromatic nitrogens is 1. The van der Waals surface area contributed by atoms with Crippen molar-refractivity contribution in [2.24, 2.45) is 0 Å². The number of allylic oxidation sites excluding steroid dienone is 4. The van der Waals surface area contributed by atoms with Crippen LogP contribution < -0.4 is 4.74 Å². The molecule has 148 valence electrons. The van der Waals surface area contributed by atoms with Crippen molar-refractivity contribution in [3.8, 4) is 5.75 Å². The van der Waals surface area contributed by atoms with Crippen molar-refractivity contribution in [1.29, 1.82) is 5.41 Å². The molecule has 0 spiro atoms. The van der Waals surface area contributed by atoms with Crippen LogP contribution in [0.1, 0.15) is 25.7 Å². The molecule has 1 unspecified atom stereocenters. The van der Waals surface area contributed by atoms with Gasteiger partial charge in [0.05, 0.1) is 5.52 Å². The second-order valence-electron chi connectivity index (χ2n) is 7.36. The fourth-order valence-electron chi connectivity index (χ4n) is 3.43. The first-order valence-corrected chi connectivity index (χ1v) is 9.89. The molecule has 5 heteroatoms. The Morgan fingerprint density at radius 2 is 2.14 bits per heavy atom. The van der Waals surface area contributed by atoms with Crippen LogP contribution in [0, 0.1) is 5.41 Å². The van der Waals surface area contributed by atoms with E-state index in [1.54, 1.807) is 6.20 Å². The Bertz CT molecular complexity index is 855. The summed E-state index contributed by atoms with van der Waals surface area (Å²) in [6.07, 6.45) is 11.3. The van der Waals surface area contributed by atoms with Gasteiger partial charge in [-0.25, -0.2) is 0 Å². The Kier molecular flexibility index (Phi) is 7.34. The zero-order valence-corrected chi connectivity index (χ0v) is 16.5. The molecule has 5 nitrogen and oxygen atoms in total. The van der Waals surface area contributed by atoms with Crippen molar-refractivity contribution in [3.63, 3.8) is 0 Å². The number of nitrogens with one attached hydrogen (secondary N) is 1. The minimum Gasteiger partial charge on any atom is -0.490 e. The number of pyridine rings is 1. The number of ether oxygens (including phenoxy) is 1. The van der Waals surface area contributed by atoms with E-state index in [9.17, 15) is 5.11 Å². The van der Waals surface area contributed by atoms with E-state index in [2.05, 4.69) is 22.0 Å². The van der Waals surface area contributed by atoms with E-state index in [1.807, 2.05) is 43.5 Å². The van der Waals surface area contributed by atoms with Crippen molar-refractivity contribution in [1.82, 2.24) is 9.88 Å². The Hall–Kier alpha value is -2.50. The number of unbranched alkanes of at least 4 members (excludes halogenated alkanes) is 1. The van der Waals surface area contributed by atoms with Crippen LogP contribution in [0.15, 0.2) is 60.3 Å². The molecule has 1 heterocycles. The first-order chi connectivity index (χ1) is 13.6. The highest BCUT2D eigenvalue weighted by Crippen LogP contribution is 2.23. The van der Waals surface area contributed by atoms with Gasteiger partial charge in [-0.15, -0.1) is 0 Å². The molecule has 1 aliphatic rings. The summed E-state index contributed by atoms with van der Waals surface area (Å²) in [5.74, 6) is 0.756. The maximum absolute atomic E-state index is 10.3. The summed E-state index contributed by atoms with van der Waals surface area (Å²) in [4.78, 5) is 6.47. The van der Waals surface area contributed by atoms with E-state index >= 15 is 0 Å². The maximum atomic E-state index is 10.3. The Morgan fingerprint density at radius 3 is 3.00 bits per heavy atom. The topological polar surface area (TPSA) is 69.4 Å². The lowest BCUT2D eigenvalue weighted by Gasteiger charge is -2.21. The van der Waals surface area contributed by atoms with Gasteiger partial charge >= 0.3 is 0 Å². The predicted molar refractivity (Wildman–Crippen MR) is 114 cm³/mol. The highest BCUT2D eigenvalue weighted by atomic mass is 16.5. The van der Waals surface area contributed by atoms with E-state index in [4.69, 9.17) is 10.1 Å². The van der Waals surface area contributed by atoms with Crippen LogP contribution in [0.25, 0.3) is 10.9 Å². The Morgan fingerprint density at radius 1 is 1.25 bits per heavy atom. The molecule has 1 aromatic carbocycles. The third kappa shape index (κ3) is 6.01. The number of aliphatic hydroxyl groups excluding tert-OH is 1. The lowest BCUT2D eigenvalue weighted by Crippen LogP contribution is -2.33. The second-order valence-corrected chi connectivity index (χ2v) is 7.36. The van der Waals surface area contributed by atoms with Crippen molar-refractivity contribution in [2.45, 2.75) is 31.8 Å². The van der Waals surface area contributed by atoms with Gasteiger partial charge in [-0.1, -0.05) is 18.2 Å². The number of likely N-dealkylation sites (N-methyl/N-ethyl adjacent to an activating group) is 1. The molecule has 28 heavy (non-hydrogen) atoms. The van der Waals surface area contributed by atoms with Crippen LogP contribution in [0.4, 0.5) is 0 Å². The number of nitrogens with zero attached hydrogens (tertiary/aromatic N) is 2. The Labute approximate surface area is 166 Å². The van der Waals surface area contributed by atoms with Gasteiger partial charge < -0.3 is 20.2 Å². The van der Waals surface area contributed by atoms with Crippen LogP contribution in [0.3, 0.4) is 0 Å². The molecule has 1 atom stereocenters. The molecule has 0 bridgehead atoms. The predicted octanol–water partition coefficient (Wildman–Crippen LogP) is 3.98. The van der Waals surface area contributed by atoms with Gasteiger partial charge in [0.1, 0.15) is 18.5 Å². The molecule has 0 saturated carbocycles. The summed E-state index contributed by atoms with van der Waals surface area (Å²) in [5, 5.41) is 19.0. The van der Waals surface area contributed by atoms with Crippen LogP contribution >= 0.6 is 0 Å². The summed E-state index contributed by atoms with van der Waals surface area (Å²) in [6, 6.07) is 9.65. The molecule has 3 rings (SSSR count). The summed E-state index contributed by atoms with van der Waals surface area (Å²) >= 11 is 0. The number of rotatable bonds is 10. The molecule has 2 aromatic rings. The van der Waals surface area contributed by atoms with Crippen LogP contribution in [0.5, 0.6) is 5.75 Å². The van der Waals surface area contributed by atoms with E-state index in [-0.39, 0.29) is 6.61 Å². The van der Waals surface area contributed by atoms with Gasteiger partial charge in [0, 0.05) is 30.3 Å². The summed E-state index contributed by atoms with van der Waals surface area (Å²) in [5.41, 5.74) is 2.83. The van der Waals surface area contributed by atoms with Gasteiger partial charge in [0.25, 0.3) is 0 Å². The Balaban J connectivity index is 1.36. The highest BCUT2D eigenvalue weighted by molar-refractivity contribution is 5.95. The van der Waals surface area contributed by atoms with Crippen molar-refractivity contribution in [2.75, 3.05) is 26.7 Å². The van der Waals surface area contributed by atoms with Crippen molar-refractivity contribution < 1.29 is 9.84 Å². The first-order valence-electron chi connectivity index (χ1n) is 9.89. The van der Waals surface area contributed by atoms with Crippen LogP contribution in [-0.2, 0) is 0 Å². The van der Waals surface area contributed by atoms with E-state index in [1.165, 1.54) is 5.57 Å². The molecule has 1 aliphatic carbocycles. The van der Waals surface area contributed by atoms with Gasteiger partial charge in [0.15, 0.2) is 0 Å². The SMILES string of the molecule is CN(CCCCC1=CC(=N)CC=C1)CC(O)COc1cccc2ncccc12. The minimum atomic E-state index is -0.540.